The first kappa shape index (κ1) is 35.7. The third-order valence-electron chi connectivity index (χ3n) is 10.2. The van der Waals surface area contributed by atoms with Crippen LogP contribution in [-0.4, -0.2) is 72.9 Å². The van der Waals surface area contributed by atoms with Gasteiger partial charge in [0.1, 0.15) is 29.7 Å². The summed E-state index contributed by atoms with van der Waals surface area (Å²) in [5.74, 6) is -0.412. The van der Waals surface area contributed by atoms with E-state index < -0.39 is 23.3 Å². The van der Waals surface area contributed by atoms with Crippen LogP contribution >= 0.6 is 0 Å². The SMILES string of the molecule is CCN1CCCC2(CCCN(c3cc(F)c(C4c5ccc(OCc6ccccc6)cc5CCN4CC(C)(C)F)c(F)c3)C2)CC1.O=CO. The van der Waals surface area contributed by atoms with Crippen LogP contribution in [0, 0.1) is 17.0 Å². The minimum absolute atomic E-state index is 0.00156. The van der Waals surface area contributed by atoms with E-state index in [2.05, 4.69) is 16.7 Å². The molecule has 2 fully saturated rings. The summed E-state index contributed by atoms with van der Waals surface area (Å²) in [6, 6.07) is 18.0. The van der Waals surface area contributed by atoms with E-state index >= 15 is 13.2 Å². The second kappa shape index (κ2) is 15.8. The van der Waals surface area contributed by atoms with Gasteiger partial charge in [-0.3, -0.25) is 9.69 Å². The number of carbonyl (C=O) groups is 1. The Balaban J connectivity index is 0.00000145. The molecule has 260 valence electrons. The van der Waals surface area contributed by atoms with Crippen LogP contribution in [0.4, 0.5) is 18.9 Å². The Morgan fingerprint density at radius 3 is 2.31 bits per heavy atom. The van der Waals surface area contributed by atoms with Crippen molar-refractivity contribution in [1.29, 1.82) is 0 Å². The van der Waals surface area contributed by atoms with Crippen LogP contribution in [0.2, 0.25) is 0 Å². The summed E-state index contributed by atoms with van der Waals surface area (Å²) in [4.78, 5) is 15.0. The zero-order chi connectivity index (χ0) is 34.3. The summed E-state index contributed by atoms with van der Waals surface area (Å²) >= 11 is 0. The summed E-state index contributed by atoms with van der Waals surface area (Å²) < 4.78 is 53.8. The Hall–Kier alpha value is -3.56. The number of halogens is 3. The summed E-state index contributed by atoms with van der Waals surface area (Å²) in [5.41, 5.74) is 2.14. The molecule has 1 N–H and O–H groups in total. The van der Waals surface area contributed by atoms with Crippen molar-refractivity contribution < 1.29 is 27.8 Å². The molecule has 3 aliphatic heterocycles. The fraction of sp³-hybridized carbons (Fsp3) is 0.513. The van der Waals surface area contributed by atoms with Gasteiger partial charge < -0.3 is 19.6 Å². The highest BCUT2D eigenvalue weighted by Gasteiger charge is 2.39. The molecule has 3 aromatic rings. The van der Waals surface area contributed by atoms with Crippen LogP contribution in [0.3, 0.4) is 0 Å². The fourth-order valence-electron chi connectivity index (χ4n) is 7.95. The van der Waals surface area contributed by atoms with E-state index in [4.69, 9.17) is 14.6 Å². The van der Waals surface area contributed by atoms with E-state index in [1.807, 2.05) is 53.4 Å². The Morgan fingerprint density at radius 2 is 1.65 bits per heavy atom. The van der Waals surface area contributed by atoms with Crippen molar-refractivity contribution >= 4 is 12.2 Å². The molecule has 1 spiro atoms. The zero-order valence-corrected chi connectivity index (χ0v) is 28.6. The lowest BCUT2D eigenvalue weighted by molar-refractivity contribution is -0.122. The van der Waals surface area contributed by atoms with E-state index in [9.17, 15) is 0 Å². The molecule has 2 saturated heterocycles. The molecule has 48 heavy (non-hydrogen) atoms. The zero-order valence-electron chi connectivity index (χ0n) is 28.6. The van der Waals surface area contributed by atoms with Gasteiger partial charge >= 0.3 is 0 Å². The molecule has 3 heterocycles. The monoisotopic (exact) mass is 665 g/mol. The van der Waals surface area contributed by atoms with Crippen molar-refractivity contribution in [3.05, 3.63) is 94.6 Å². The van der Waals surface area contributed by atoms with E-state index in [1.165, 1.54) is 38.8 Å². The third kappa shape index (κ3) is 8.72. The van der Waals surface area contributed by atoms with Gasteiger partial charge in [0.2, 0.25) is 0 Å². The van der Waals surface area contributed by atoms with E-state index in [0.717, 1.165) is 68.7 Å². The Bertz CT molecular complexity index is 1490. The summed E-state index contributed by atoms with van der Waals surface area (Å²) in [7, 11) is 0. The van der Waals surface area contributed by atoms with Crippen LogP contribution in [0.5, 0.6) is 5.75 Å². The molecule has 0 amide bonds. The topological polar surface area (TPSA) is 56.2 Å². The molecule has 3 aliphatic rings. The van der Waals surface area contributed by atoms with Gasteiger partial charge in [0.25, 0.3) is 6.47 Å². The van der Waals surface area contributed by atoms with Gasteiger partial charge in [0, 0.05) is 37.4 Å². The van der Waals surface area contributed by atoms with E-state index in [-0.39, 0.29) is 24.0 Å². The van der Waals surface area contributed by atoms with Crippen molar-refractivity contribution in [3.63, 3.8) is 0 Å². The Kier molecular flexibility index (Phi) is 11.7. The minimum Gasteiger partial charge on any atom is -0.489 e. The van der Waals surface area contributed by atoms with Gasteiger partial charge in [0.05, 0.1) is 6.04 Å². The number of benzene rings is 3. The average Bonchev–Trinajstić information content (AvgIpc) is 3.26. The lowest BCUT2D eigenvalue weighted by Gasteiger charge is -2.44. The van der Waals surface area contributed by atoms with E-state index in [1.54, 1.807) is 0 Å². The van der Waals surface area contributed by atoms with Crippen molar-refractivity contribution in [2.45, 2.75) is 77.6 Å². The molecule has 0 radical (unpaired) electrons. The van der Waals surface area contributed by atoms with Gasteiger partial charge in [-0.15, -0.1) is 0 Å². The normalized spacial score (nSPS) is 22.0. The standard InChI is InChI=1S/C38H48F3N3O.CH2O2/c1-4-42-18-8-15-38(17-21-42)16-9-19-43(27-38)30-23-33(39)35(34(40)24-30)36-32-13-12-31(45-25-28-10-6-5-7-11-28)22-29(32)14-20-44(36)26-37(2,3)41;2-1-3/h5-7,10-13,22-24,36H,4,8-9,14-21,25-27H2,1-3H3;1H,(H,2,3). The first-order valence-electron chi connectivity index (χ1n) is 17.3. The van der Waals surface area contributed by atoms with Crippen LogP contribution in [0.15, 0.2) is 60.7 Å². The highest BCUT2D eigenvalue weighted by molar-refractivity contribution is 5.53. The van der Waals surface area contributed by atoms with Crippen molar-refractivity contribution in [3.8, 4) is 5.75 Å². The predicted molar refractivity (Wildman–Crippen MR) is 184 cm³/mol. The molecule has 6 rings (SSSR count). The van der Waals surface area contributed by atoms with E-state index in [0.29, 0.717) is 31.0 Å². The van der Waals surface area contributed by atoms with Crippen LogP contribution in [0.25, 0.3) is 0 Å². The number of rotatable bonds is 8. The maximum absolute atomic E-state index is 16.3. The number of anilines is 1. The first-order valence-corrected chi connectivity index (χ1v) is 17.3. The fourth-order valence-corrected chi connectivity index (χ4v) is 7.95. The summed E-state index contributed by atoms with van der Waals surface area (Å²) in [6.07, 6.45) is 6.31. The predicted octanol–water partition coefficient (Wildman–Crippen LogP) is 8.03. The van der Waals surface area contributed by atoms with Gasteiger partial charge in [-0.25, -0.2) is 13.2 Å². The van der Waals surface area contributed by atoms with Crippen molar-refractivity contribution in [2.75, 3.05) is 50.7 Å². The number of alkyl halides is 1. The molecular weight excluding hydrogens is 615 g/mol. The summed E-state index contributed by atoms with van der Waals surface area (Å²) in [6.45, 7) is 11.0. The number of carboxylic acid groups (broad SMARTS) is 1. The second-order valence-corrected chi connectivity index (χ2v) is 14.2. The molecule has 3 aromatic carbocycles. The molecule has 6 nitrogen and oxygen atoms in total. The lowest BCUT2D eigenvalue weighted by Crippen LogP contribution is -2.44. The molecule has 0 aliphatic carbocycles. The molecule has 0 bridgehead atoms. The van der Waals surface area contributed by atoms with Gasteiger partial charge in [0.15, 0.2) is 0 Å². The van der Waals surface area contributed by atoms with Gasteiger partial charge in [-0.1, -0.05) is 43.3 Å². The molecule has 2 atom stereocenters. The first-order chi connectivity index (χ1) is 23.0. The van der Waals surface area contributed by atoms with Crippen molar-refractivity contribution in [1.82, 2.24) is 9.80 Å². The Labute approximate surface area is 283 Å². The quantitative estimate of drug-likeness (QED) is 0.246. The number of ether oxygens (including phenoxy) is 1. The maximum atomic E-state index is 16.3. The number of hydrogen-bond donors (Lipinski definition) is 1. The highest BCUT2D eigenvalue weighted by Crippen LogP contribution is 2.44. The highest BCUT2D eigenvalue weighted by atomic mass is 19.1. The number of hydrogen-bond acceptors (Lipinski definition) is 5. The smallest absolute Gasteiger partial charge is 0.290 e. The van der Waals surface area contributed by atoms with Crippen LogP contribution in [0.1, 0.15) is 81.2 Å². The third-order valence-corrected chi connectivity index (χ3v) is 10.2. The molecule has 2 unspecified atom stereocenters. The Morgan fingerprint density at radius 1 is 0.958 bits per heavy atom. The number of likely N-dealkylation sites (tertiary alicyclic amines) is 1. The number of nitrogens with zero attached hydrogens (tertiary/aromatic N) is 3. The minimum atomic E-state index is -1.52. The largest absolute Gasteiger partial charge is 0.489 e. The maximum Gasteiger partial charge on any atom is 0.290 e. The number of piperidine rings is 1. The van der Waals surface area contributed by atoms with Crippen LogP contribution < -0.4 is 9.64 Å². The van der Waals surface area contributed by atoms with Gasteiger partial charge in [-0.2, -0.15) is 0 Å². The van der Waals surface area contributed by atoms with Crippen molar-refractivity contribution in [2.24, 2.45) is 5.41 Å². The molecule has 0 saturated carbocycles. The molecule has 0 aromatic heterocycles. The van der Waals surface area contributed by atoms with Gasteiger partial charge in [-0.05, 0) is 118 Å². The summed E-state index contributed by atoms with van der Waals surface area (Å²) in [5, 5.41) is 6.89. The second-order valence-electron chi connectivity index (χ2n) is 14.2. The number of fused-ring (bicyclic) bond motifs is 1. The molecular formula is C39H50F3N3O3. The molecule has 9 heteroatoms. The lowest BCUT2D eigenvalue weighted by atomic mass is 9.74. The van der Waals surface area contributed by atoms with Crippen LogP contribution in [-0.2, 0) is 17.8 Å². The average molecular weight is 666 g/mol.